The van der Waals surface area contributed by atoms with Crippen LogP contribution < -0.4 is 11.1 Å². The number of hydrogen-bond donors (Lipinski definition) is 3. The minimum absolute atomic E-state index is 0.0897. The monoisotopic (exact) mass is 366 g/mol. The first-order valence-electron chi connectivity index (χ1n) is 7.97. The molecule has 26 heavy (non-hydrogen) atoms. The van der Waals surface area contributed by atoms with Crippen molar-refractivity contribution < 1.29 is 24.4 Å². The summed E-state index contributed by atoms with van der Waals surface area (Å²) in [5.74, 6) is -1.90. The molecule has 0 radical (unpaired) electrons. The number of benzene rings is 1. The van der Waals surface area contributed by atoms with Gasteiger partial charge in [0.05, 0.1) is 11.0 Å². The van der Waals surface area contributed by atoms with Crippen molar-refractivity contribution >= 4 is 23.5 Å². The van der Waals surface area contributed by atoms with E-state index in [1.807, 2.05) is 0 Å². The number of nitro groups is 1. The molecule has 0 aliphatic carbocycles. The summed E-state index contributed by atoms with van der Waals surface area (Å²) in [6.07, 6.45) is 1.53. The van der Waals surface area contributed by atoms with E-state index in [-0.39, 0.29) is 11.6 Å². The van der Waals surface area contributed by atoms with Gasteiger partial charge in [-0.2, -0.15) is 0 Å². The Morgan fingerprint density at radius 2 is 1.88 bits per heavy atom. The molecule has 1 rings (SSSR count). The Kier molecular flexibility index (Phi) is 8.16. The molecule has 0 saturated heterocycles. The molecule has 0 bridgehead atoms. The van der Waals surface area contributed by atoms with Crippen molar-refractivity contribution in [1.82, 2.24) is 10.2 Å². The Balaban J connectivity index is 2.29. The molecule has 0 aromatic heterocycles. The standard InChI is InChI=1S/C16H22N4O6/c1-19(10-14(21)22)16(24)13(17)4-2-3-9-18-15(23)11-5-7-12(8-6-11)20(25)26/h5-8,13H,2-4,9-10,17H2,1H3,(H,18,23)(H,21,22). The van der Waals surface area contributed by atoms with Gasteiger partial charge in [0.15, 0.2) is 0 Å². The molecule has 0 fully saturated rings. The molecule has 0 spiro atoms. The van der Waals surface area contributed by atoms with E-state index in [2.05, 4.69) is 5.32 Å². The summed E-state index contributed by atoms with van der Waals surface area (Å²) < 4.78 is 0. The summed E-state index contributed by atoms with van der Waals surface area (Å²) in [5, 5.41) is 21.9. The Morgan fingerprint density at radius 1 is 1.27 bits per heavy atom. The van der Waals surface area contributed by atoms with Gasteiger partial charge in [-0.1, -0.05) is 0 Å². The van der Waals surface area contributed by atoms with Gasteiger partial charge < -0.3 is 21.1 Å². The molecular formula is C16H22N4O6. The number of carbonyl (C=O) groups excluding carboxylic acids is 2. The summed E-state index contributed by atoms with van der Waals surface area (Å²) in [7, 11) is 1.38. The van der Waals surface area contributed by atoms with Crippen LogP contribution in [0.3, 0.4) is 0 Å². The zero-order valence-electron chi connectivity index (χ0n) is 14.4. The van der Waals surface area contributed by atoms with Crippen molar-refractivity contribution in [1.29, 1.82) is 0 Å². The number of likely N-dealkylation sites (N-methyl/N-ethyl adjacent to an activating group) is 1. The SMILES string of the molecule is CN(CC(=O)O)C(=O)C(N)CCCCNC(=O)c1ccc([N+](=O)[O-])cc1. The van der Waals surface area contributed by atoms with Crippen LogP contribution in [0.25, 0.3) is 0 Å². The average molecular weight is 366 g/mol. The zero-order valence-corrected chi connectivity index (χ0v) is 14.4. The minimum Gasteiger partial charge on any atom is -0.480 e. The van der Waals surface area contributed by atoms with Crippen LogP contribution in [0.2, 0.25) is 0 Å². The van der Waals surface area contributed by atoms with Crippen LogP contribution in [-0.2, 0) is 9.59 Å². The second kappa shape index (κ2) is 10.1. The summed E-state index contributed by atoms with van der Waals surface area (Å²) in [5.41, 5.74) is 5.97. The maximum absolute atomic E-state index is 11.9. The fraction of sp³-hybridized carbons (Fsp3) is 0.438. The first kappa shape index (κ1) is 21.0. The number of non-ortho nitro benzene ring substituents is 1. The second-order valence-electron chi connectivity index (χ2n) is 5.75. The molecule has 0 heterocycles. The van der Waals surface area contributed by atoms with Crippen molar-refractivity contribution in [3.05, 3.63) is 39.9 Å². The normalized spacial score (nSPS) is 11.5. The highest BCUT2D eigenvalue weighted by molar-refractivity contribution is 5.94. The number of amides is 2. The van der Waals surface area contributed by atoms with Gasteiger partial charge in [-0.05, 0) is 31.4 Å². The molecule has 0 aliphatic heterocycles. The van der Waals surface area contributed by atoms with E-state index >= 15 is 0 Å². The number of nitrogens with two attached hydrogens (primary N) is 1. The van der Waals surface area contributed by atoms with Crippen molar-refractivity contribution in [2.45, 2.75) is 25.3 Å². The van der Waals surface area contributed by atoms with E-state index in [1.54, 1.807) is 0 Å². The van der Waals surface area contributed by atoms with Gasteiger partial charge in [0, 0.05) is 31.3 Å². The van der Waals surface area contributed by atoms with Crippen LogP contribution in [0.15, 0.2) is 24.3 Å². The first-order chi connectivity index (χ1) is 12.2. The Morgan fingerprint density at radius 3 is 2.42 bits per heavy atom. The number of nitro benzene ring substituents is 1. The second-order valence-corrected chi connectivity index (χ2v) is 5.75. The topological polar surface area (TPSA) is 156 Å². The van der Waals surface area contributed by atoms with Gasteiger partial charge in [-0.15, -0.1) is 0 Å². The van der Waals surface area contributed by atoms with Crippen LogP contribution >= 0.6 is 0 Å². The average Bonchev–Trinajstić information content (AvgIpc) is 2.59. The van der Waals surface area contributed by atoms with Crippen LogP contribution in [0.4, 0.5) is 5.69 Å². The van der Waals surface area contributed by atoms with Crippen molar-refractivity contribution in [2.24, 2.45) is 5.73 Å². The molecule has 142 valence electrons. The molecule has 10 nitrogen and oxygen atoms in total. The number of carboxylic acid groups (broad SMARTS) is 1. The molecule has 1 atom stereocenters. The molecular weight excluding hydrogens is 344 g/mol. The highest BCUT2D eigenvalue weighted by Crippen LogP contribution is 2.11. The molecule has 0 saturated carbocycles. The quantitative estimate of drug-likeness (QED) is 0.307. The molecule has 0 aliphatic rings. The highest BCUT2D eigenvalue weighted by atomic mass is 16.6. The predicted octanol–water partition coefficient (Wildman–Crippen LogP) is 0.365. The van der Waals surface area contributed by atoms with Crippen molar-refractivity contribution in [3.63, 3.8) is 0 Å². The number of nitrogens with zero attached hydrogens (tertiary/aromatic N) is 2. The largest absolute Gasteiger partial charge is 0.480 e. The number of unbranched alkanes of at least 4 members (excludes halogenated alkanes) is 1. The van der Waals surface area contributed by atoms with Gasteiger partial charge in [-0.25, -0.2) is 0 Å². The van der Waals surface area contributed by atoms with Gasteiger partial charge in [-0.3, -0.25) is 24.5 Å². The number of nitrogens with one attached hydrogen (secondary N) is 1. The number of rotatable bonds is 10. The lowest BCUT2D eigenvalue weighted by atomic mass is 10.1. The molecule has 4 N–H and O–H groups in total. The van der Waals surface area contributed by atoms with E-state index in [0.29, 0.717) is 31.4 Å². The maximum Gasteiger partial charge on any atom is 0.323 e. The summed E-state index contributed by atoms with van der Waals surface area (Å²) in [4.78, 5) is 45.4. The van der Waals surface area contributed by atoms with Crippen LogP contribution in [0.5, 0.6) is 0 Å². The third-order valence-electron chi connectivity index (χ3n) is 3.63. The number of aliphatic carboxylic acids is 1. The zero-order chi connectivity index (χ0) is 19.7. The van der Waals surface area contributed by atoms with Gasteiger partial charge in [0.1, 0.15) is 6.54 Å². The Bertz CT molecular complexity index is 661. The van der Waals surface area contributed by atoms with Crippen LogP contribution in [-0.4, -0.2) is 58.9 Å². The van der Waals surface area contributed by atoms with Crippen molar-refractivity contribution in [3.8, 4) is 0 Å². The lowest BCUT2D eigenvalue weighted by molar-refractivity contribution is -0.384. The van der Waals surface area contributed by atoms with E-state index in [0.717, 1.165) is 4.90 Å². The van der Waals surface area contributed by atoms with E-state index in [9.17, 15) is 24.5 Å². The maximum atomic E-state index is 11.9. The molecule has 2 amide bonds. The fourth-order valence-corrected chi connectivity index (χ4v) is 2.22. The fourth-order valence-electron chi connectivity index (χ4n) is 2.22. The molecule has 1 aromatic carbocycles. The van der Waals surface area contributed by atoms with E-state index in [4.69, 9.17) is 10.8 Å². The van der Waals surface area contributed by atoms with Gasteiger partial charge in [0.25, 0.3) is 11.6 Å². The highest BCUT2D eigenvalue weighted by Gasteiger charge is 2.19. The lowest BCUT2D eigenvalue weighted by Crippen LogP contribution is -2.43. The number of carboxylic acids is 1. The van der Waals surface area contributed by atoms with Crippen molar-refractivity contribution in [2.75, 3.05) is 20.1 Å². The van der Waals surface area contributed by atoms with E-state index in [1.165, 1.54) is 31.3 Å². The predicted molar refractivity (Wildman–Crippen MR) is 92.5 cm³/mol. The van der Waals surface area contributed by atoms with Gasteiger partial charge in [0.2, 0.25) is 5.91 Å². The molecule has 10 heteroatoms. The summed E-state index contributed by atoms with van der Waals surface area (Å²) in [6, 6.07) is 4.48. The lowest BCUT2D eigenvalue weighted by Gasteiger charge is -2.19. The summed E-state index contributed by atoms with van der Waals surface area (Å²) >= 11 is 0. The minimum atomic E-state index is -1.11. The third-order valence-corrected chi connectivity index (χ3v) is 3.63. The van der Waals surface area contributed by atoms with Gasteiger partial charge >= 0.3 is 5.97 Å². The number of carbonyl (C=O) groups is 3. The van der Waals surface area contributed by atoms with Crippen LogP contribution in [0.1, 0.15) is 29.6 Å². The third kappa shape index (κ3) is 6.85. The molecule has 1 aromatic rings. The first-order valence-corrected chi connectivity index (χ1v) is 7.97. The smallest absolute Gasteiger partial charge is 0.323 e. The molecule has 1 unspecified atom stereocenters. The Labute approximate surface area is 150 Å². The summed E-state index contributed by atoms with van der Waals surface area (Å²) in [6.45, 7) is -0.0421. The Hall–Kier alpha value is -3.01. The van der Waals surface area contributed by atoms with Crippen LogP contribution in [0, 0.1) is 10.1 Å². The number of hydrogen-bond acceptors (Lipinski definition) is 6. The van der Waals surface area contributed by atoms with E-state index < -0.39 is 29.4 Å².